The summed E-state index contributed by atoms with van der Waals surface area (Å²) in [4.78, 5) is 3.69. The number of pyridine rings is 1. The van der Waals surface area contributed by atoms with Crippen molar-refractivity contribution < 1.29 is 14.2 Å². The first-order chi connectivity index (χ1) is 7.65. The second-order valence-electron chi connectivity index (χ2n) is 4.34. The number of rotatable bonds is 2. The van der Waals surface area contributed by atoms with Crippen molar-refractivity contribution in [1.82, 2.24) is 4.98 Å². The van der Waals surface area contributed by atoms with Gasteiger partial charge in [-0.2, -0.15) is 0 Å². The first kappa shape index (κ1) is 11.5. The van der Waals surface area contributed by atoms with E-state index in [-0.39, 0.29) is 6.10 Å². The summed E-state index contributed by atoms with van der Waals surface area (Å²) < 4.78 is 18.8. The fraction of sp³-hybridized carbons (Fsp3) is 0.583. The van der Waals surface area contributed by atoms with Crippen LogP contribution in [0.15, 0.2) is 18.5 Å². The molecule has 3 nitrogen and oxygen atoms in total. The molecule has 16 heavy (non-hydrogen) atoms. The molecule has 88 valence electrons. The van der Waals surface area contributed by atoms with Gasteiger partial charge < -0.3 is 9.84 Å². The maximum atomic E-state index is 13.6. The monoisotopic (exact) mass is 225 g/mol. The Morgan fingerprint density at radius 2 is 2.44 bits per heavy atom. The van der Waals surface area contributed by atoms with Crippen molar-refractivity contribution in [3.05, 3.63) is 29.8 Å². The number of aliphatic hydroxyl groups is 1. The second-order valence-corrected chi connectivity index (χ2v) is 4.34. The van der Waals surface area contributed by atoms with Crippen LogP contribution in [-0.2, 0) is 10.3 Å². The van der Waals surface area contributed by atoms with Crippen molar-refractivity contribution in [3.63, 3.8) is 0 Å². The Morgan fingerprint density at radius 1 is 1.62 bits per heavy atom. The molecule has 0 aliphatic heterocycles. The molecule has 1 aliphatic carbocycles. The Bertz CT molecular complexity index is 372. The molecule has 0 radical (unpaired) electrons. The van der Waals surface area contributed by atoms with Gasteiger partial charge in [0.15, 0.2) is 0 Å². The van der Waals surface area contributed by atoms with Crippen LogP contribution in [0.25, 0.3) is 0 Å². The molecule has 4 heteroatoms. The van der Waals surface area contributed by atoms with Crippen LogP contribution in [0.5, 0.6) is 0 Å². The van der Waals surface area contributed by atoms with E-state index in [1.807, 2.05) is 0 Å². The summed E-state index contributed by atoms with van der Waals surface area (Å²) in [5.41, 5.74) is -0.768. The third-order valence-electron chi connectivity index (χ3n) is 3.29. The summed E-state index contributed by atoms with van der Waals surface area (Å²) in [6.45, 7) is 0. The lowest BCUT2D eigenvalue weighted by Crippen LogP contribution is -2.36. The fourth-order valence-electron chi connectivity index (χ4n) is 2.40. The van der Waals surface area contributed by atoms with Gasteiger partial charge in [-0.3, -0.25) is 4.98 Å². The lowest BCUT2D eigenvalue weighted by atomic mass is 9.78. The highest BCUT2D eigenvalue weighted by Gasteiger charge is 2.37. The van der Waals surface area contributed by atoms with Crippen LogP contribution in [0.1, 0.15) is 31.2 Å². The highest BCUT2D eigenvalue weighted by Crippen LogP contribution is 2.38. The van der Waals surface area contributed by atoms with Crippen LogP contribution in [0.2, 0.25) is 0 Å². The second kappa shape index (κ2) is 4.47. The molecule has 2 atom stereocenters. The number of hydrogen-bond donors (Lipinski definition) is 1. The summed E-state index contributed by atoms with van der Waals surface area (Å²) in [5, 5.41) is 10.5. The van der Waals surface area contributed by atoms with Gasteiger partial charge in [0.25, 0.3) is 0 Å². The predicted molar refractivity (Wildman–Crippen MR) is 57.4 cm³/mol. The maximum absolute atomic E-state index is 13.6. The smallest absolute Gasteiger partial charge is 0.147 e. The molecule has 0 aromatic carbocycles. The maximum Gasteiger partial charge on any atom is 0.147 e. The summed E-state index contributed by atoms with van der Waals surface area (Å²) in [6, 6.07) is 1.55. The Morgan fingerprint density at radius 3 is 3.12 bits per heavy atom. The van der Waals surface area contributed by atoms with Crippen LogP contribution in [-0.4, -0.2) is 23.3 Å². The summed E-state index contributed by atoms with van der Waals surface area (Å²) in [5.74, 6) is -0.443. The fourth-order valence-corrected chi connectivity index (χ4v) is 2.40. The average Bonchev–Trinajstić information content (AvgIpc) is 2.29. The molecule has 0 bridgehead atoms. The number of hydrogen-bond acceptors (Lipinski definition) is 3. The molecular formula is C12H16FNO2. The molecule has 2 rings (SSSR count). The van der Waals surface area contributed by atoms with Gasteiger partial charge in [-0.05, 0) is 25.3 Å². The quantitative estimate of drug-likeness (QED) is 0.837. The molecule has 1 saturated carbocycles. The van der Waals surface area contributed by atoms with Crippen molar-refractivity contribution in [2.45, 2.75) is 37.4 Å². The first-order valence-electron chi connectivity index (χ1n) is 5.51. The lowest BCUT2D eigenvalue weighted by Gasteiger charge is -2.36. The summed E-state index contributed by atoms with van der Waals surface area (Å²) in [6.07, 6.45) is 5.45. The van der Waals surface area contributed by atoms with Crippen LogP contribution in [0, 0.1) is 5.82 Å². The zero-order chi connectivity index (χ0) is 11.6. The normalized spacial score (nSPS) is 30.3. The number of aromatic nitrogens is 1. The predicted octanol–water partition coefficient (Wildman–Crippen LogP) is 2.00. The van der Waals surface area contributed by atoms with E-state index in [2.05, 4.69) is 4.98 Å². The van der Waals surface area contributed by atoms with Crippen LogP contribution in [0.3, 0.4) is 0 Å². The number of nitrogens with zero attached hydrogens (tertiary/aromatic N) is 1. The Balaban J connectivity index is 2.27. The molecular weight excluding hydrogens is 209 g/mol. The molecule has 1 aromatic heterocycles. The molecule has 1 N–H and O–H groups in total. The van der Waals surface area contributed by atoms with Crippen molar-refractivity contribution in [1.29, 1.82) is 0 Å². The molecule has 1 heterocycles. The summed E-state index contributed by atoms with van der Waals surface area (Å²) in [7, 11) is 1.62. The minimum Gasteiger partial charge on any atom is -0.385 e. The SMILES string of the molecule is COC1CCCC(O)(c2ccncc2F)C1. The first-order valence-corrected chi connectivity index (χ1v) is 5.51. The molecule has 1 fully saturated rings. The van der Waals surface area contributed by atoms with E-state index in [1.165, 1.54) is 6.20 Å². The van der Waals surface area contributed by atoms with Crippen LogP contribution in [0.4, 0.5) is 4.39 Å². The van der Waals surface area contributed by atoms with Crippen LogP contribution < -0.4 is 0 Å². The van der Waals surface area contributed by atoms with Crippen molar-refractivity contribution >= 4 is 0 Å². The molecule has 0 spiro atoms. The van der Waals surface area contributed by atoms with E-state index in [0.717, 1.165) is 19.0 Å². The summed E-state index contributed by atoms with van der Waals surface area (Å²) >= 11 is 0. The minimum absolute atomic E-state index is 0.00585. The van der Waals surface area contributed by atoms with Gasteiger partial charge in [-0.15, -0.1) is 0 Å². The third-order valence-corrected chi connectivity index (χ3v) is 3.29. The van der Waals surface area contributed by atoms with Gasteiger partial charge >= 0.3 is 0 Å². The van der Waals surface area contributed by atoms with E-state index in [9.17, 15) is 9.50 Å². The van der Waals surface area contributed by atoms with E-state index in [4.69, 9.17) is 4.74 Å². The molecule has 1 aliphatic rings. The number of halogens is 1. The van der Waals surface area contributed by atoms with Gasteiger partial charge in [0.05, 0.1) is 17.9 Å². The standard InChI is InChI=1S/C12H16FNO2/c1-16-9-3-2-5-12(15,7-9)10-4-6-14-8-11(10)13/h4,6,8-9,15H,2-3,5,7H2,1H3. The number of ether oxygens (including phenoxy) is 1. The molecule has 0 saturated heterocycles. The molecule has 0 amide bonds. The Kier molecular flexibility index (Phi) is 3.21. The Hall–Kier alpha value is -1.00. The van der Waals surface area contributed by atoms with E-state index < -0.39 is 11.4 Å². The van der Waals surface area contributed by atoms with Crippen LogP contribution >= 0.6 is 0 Å². The van der Waals surface area contributed by atoms with Gasteiger partial charge in [0.2, 0.25) is 0 Å². The minimum atomic E-state index is -1.11. The molecule has 2 unspecified atom stereocenters. The van der Waals surface area contributed by atoms with Crippen molar-refractivity contribution in [2.24, 2.45) is 0 Å². The zero-order valence-corrected chi connectivity index (χ0v) is 9.32. The van der Waals surface area contributed by atoms with Gasteiger partial charge in [-0.1, -0.05) is 0 Å². The van der Waals surface area contributed by atoms with E-state index in [0.29, 0.717) is 18.4 Å². The van der Waals surface area contributed by atoms with Gasteiger partial charge in [0, 0.05) is 25.3 Å². The largest absolute Gasteiger partial charge is 0.385 e. The van der Waals surface area contributed by atoms with Gasteiger partial charge in [-0.25, -0.2) is 4.39 Å². The molecule has 1 aromatic rings. The van der Waals surface area contributed by atoms with Crippen molar-refractivity contribution in [3.8, 4) is 0 Å². The van der Waals surface area contributed by atoms with E-state index >= 15 is 0 Å². The lowest BCUT2D eigenvalue weighted by molar-refractivity contribution is -0.0650. The topological polar surface area (TPSA) is 42.4 Å². The highest BCUT2D eigenvalue weighted by atomic mass is 19.1. The highest BCUT2D eigenvalue weighted by molar-refractivity contribution is 5.22. The average molecular weight is 225 g/mol. The zero-order valence-electron chi connectivity index (χ0n) is 9.32. The third kappa shape index (κ3) is 2.08. The van der Waals surface area contributed by atoms with Crippen molar-refractivity contribution in [2.75, 3.05) is 7.11 Å². The Labute approximate surface area is 94.3 Å². The van der Waals surface area contributed by atoms with E-state index in [1.54, 1.807) is 13.2 Å². The number of methoxy groups -OCH3 is 1. The van der Waals surface area contributed by atoms with Gasteiger partial charge in [0.1, 0.15) is 5.82 Å².